The van der Waals surface area contributed by atoms with Crippen LogP contribution in [0.2, 0.25) is 0 Å². The Kier molecular flexibility index (Phi) is 9.76. The Labute approximate surface area is 131 Å². The zero-order valence-corrected chi connectivity index (χ0v) is 13.4. The molecule has 5 heteroatoms. The van der Waals surface area contributed by atoms with Crippen LogP contribution in [0.25, 0.3) is 0 Å². The molecule has 2 aliphatic rings. The molecule has 0 heterocycles. The molecule has 0 N–H and O–H groups in total. The van der Waals surface area contributed by atoms with Crippen molar-refractivity contribution in [1.82, 2.24) is 0 Å². The molecule has 0 radical (unpaired) electrons. The quantitative estimate of drug-likeness (QED) is 0.544. The number of halogens is 4. The van der Waals surface area contributed by atoms with Gasteiger partial charge in [-0.15, -0.1) is 0 Å². The minimum Gasteiger partial charge on any atom is -0.347 e. The minimum atomic E-state index is -2.29. The van der Waals surface area contributed by atoms with Crippen molar-refractivity contribution in [3.05, 3.63) is 12.4 Å². The first-order chi connectivity index (χ1) is 10.6. The molecule has 0 atom stereocenters. The Bertz CT molecular complexity index is 302. The van der Waals surface area contributed by atoms with Gasteiger partial charge in [0.25, 0.3) is 6.08 Å². The zero-order chi connectivity index (χ0) is 16.4. The van der Waals surface area contributed by atoms with E-state index in [1.165, 1.54) is 44.9 Å². The highest BCUT2D eigenvalue weighted by molar-refractivity contribution is 4.81. The Morgan fingerprint density at radius 3 is 1.77 bits per heavy atom. The highest BCUT2D eigenvalue weighted by Gasteiger charge is 2.30. The monoisotopic (exact) mass is 324 g/mol. The van der Waals surface area contributed by atoms with Crippen LogP contribution in [-0.4, -0.2) is 13.0 Å². The summed E-state index contributed by atoms with van der Waals surface area (Å²) in [5, 5.41) is 0. The Morgan fingerprint density at radius 2 is 1.41 bits per heavy atom. The lowest BCUT2D eigenvalue weighted by Gasteiger charge is -2.37. The summed E-state index contributed by atoms with van der Waals surface area (Å²) in [4.78, 5) is 0. The van der Waals surface area contributed by atoms with E-state index < -0.39 is 19.3 Å². The minimum absolute atomic E-state index is 0.211. The molecule has 0 amide bonds. The predicted molar refractivity (Wildman–Crippen MR) is 80.0 cm³/mol. The second kappa shape index (κ2) is 11.0. The fraction of sp³-hybridized carbons (Fsp3) is 0.882. The molecule has 0 saturated heterocycles. The largest absolute Gasteiger partial charge is 0.347 e. The van der Waals surface area contributed by atoms with Crippen molar-refractivity contribution in [3.63, 3.8) is 0 Å². The molecule has 1 nitrogen and oxygen atoms in total. The van der Waals surface area contributed by atoms with Gasteiger partial charge < -0.3 is 4.74 Å². The van der Waals surface area contributed by atoms with E-state index in [1.807, 2.05) is 0 Å². The van der Waals surface area contributed by atoms with Crippen LogP contribution in [0, 0.1) is 17.8 Å². The summed E-state index contributed by atoms with van der Waals surface area (Å²) in [6.07, 6.45) is 9.03. The topological polar surface area (TPSA) is 9.23 Å². The van der Waals surface area contributed by atoms with Crippen molar-refractivity contribution in [2.24, 2.45) is 17.8 Å². The maximum Gasteiger partial charge on any atom is 0.298 e. The third-order valence-corrected chi connectivity index (χ3v) is 5.24. The number of rotatable bonds is 4. The summed E-state index contributed by atoms with van der Waals surface area (Å²) in [6.45, 7) is 1.72. The zero-order valence-electron chi connectivity index (χ0n) is 13.4. The van der Waals surface area contributed by atoms with Crippen molar-refractivity contribution in [1.29, 1.82) is 0 Å². The van der Waals surface area contributed by atoms with E-state index in [-0.39, 0.29) is 6.10 Å². The summed E-state index contributed by atoms with van der Waals surface area (Å²) >= 11 is 0. The van der Waals surface area contributed by atoms with Gasteiger partial charge in [-0.05, 0) is 56.3 Å². The van der Waals surface area contributed by atoms with Gasteiger partial charge in [0.1, 0.15) is 0 Å². The average Bonchev–Trinajstić information content (AvgIpc) is 2.56. The molecule has 22 heavy (non-hydrogen) atoms. The molecular formula is C17H28F4O. The lowest BCUT2D eigenvalue weighted by molar-refractivity contribution is -0.0347. The number of hydrogen-bond acceptors (Lipinski definition) is 1. The van der Waals surface area contributed by atoms with Gasteiger partial charge in [0, 0.05) is 0 Å². The average molecular weight is 324 g/mol. The van der Waals surface area contributed by atoms with E-state index in [1.54, 1.807) is 0 Å². The predicted octanol–water partition coefficient (Wildman–Crippen LogP) is 6.40. The first-order valence-electron chi connectivity index (χ1n) is 8.39. The molecule has 0 aromatic rings. The molecule has 0 aromatic heterocycles. The fourth-order valence-corrected chi connectivity index (χ4v) is 3.88. The van der Waals surface area contributed by atoms with E-state index in [0.29, 0.717) is 0 Å². The summed E-state index contributed by atoms with van der Waals surface area (Å²) in [6, 6.07) is 0. The lowest BCUT2D eigenvalue weighted by atomic mass is 9.70. The molecule has 2 fully saturated rings. The molecule has 0 aromatic carbocycles. The summed E-state index contributed by atoms with van der Waals surface area (Å²) < 4.78 is 47.9. The van der Waals surface area contributed by atoms with Crippen LogP contribution in [0.4, 0.5) is 17.6 Å². The SMILES string of the molecule is CCC1CCC(C2CCC(OCF)CC2)CC1.FC=C(F)F. The van der Waals surface area contributed by atoms with Crippen molar-refractivity contribution in [3.8, 4) is 0 Å². The van der Waals surface area contributed by atoms with Crippen LogP contribution in [0.3, 0.4) is 0 Å². The van der Waals surface area contributed by atoms with E-state index >= 15 is 0 Å². The van der Waals surface area contributed by atoms with Gasteiger partial charge in [0.15, 0.2) is 13.2 Å². The molecule has 130 valence electrons. The third kappa shape index (κ3) is 7.12. The molecular weight excluding hydrogens is 296 g/mol. The second-order valence-electron chi connectivity index (χ2n) is 6.40. The first-order valence-corrected chi connectivity index (χ1v) is 8.39. The molecule has 2 saturated carbocycles. The second-order valence-corrected chi connectivity index (χ2v) is 6.40. The smallest absolute Gasteiger partial charge is 0.298 e. The van der Waals surface area contributed by atoms with Crippen molar-refractivity contribution in [2.45, 2.75) is 70.8 Å². The number of ether oxygens (including phenoxy) is 1. The molecule has 0 spiro atoms. The van der Waals surface area contributed by atoms with E-state index in [2.05, 4.69) is 6.92 Å². The summed E-state index contributed by atoms with van der Waals surface area (Å²) in [7, 11) is 0. The van der Waals surface area contributed by atoms with Crippen LogP contribution in [0.1, 0.15) is 64.7 Å². The maximum absolute atomic E-state index is 12.1. The highest BCUT2D eigenvalue weighted by atomic mass is 19.3. The third-order valence-electron chi connectivity index (χ3n) is 5.24. The van der Waals surface area contributed by atoms with Crippen LogP contribution in [0.15, 0.2) is 12.4 Å². The van der Waals surface area contributed by atoms with Crippen LogP contribution < -0.4 is 0 Å². The summed E-state index contributed by atoms with van der Waals surface area (Å²) in [5.74, 6) is 2.87. The van der Waals surface area contributed by atoms with Crippen molar-refractivity contribution >= 4 is 0 Å². The van der Waals surface area contributed by atoms with Gasteiger partial charge in [-0.3, -0.25) is 0 Å². The number of hydrogen-bond donors (Lipinski definition) is 0. The van der Waals surface area contributed by atoms with Crippen LogP contribution >= 0.6 is 0 Å². The van der Waals surface area contributed by atoms with Crippen molar-refractivity contribution in [2.75, 3.05) is 6.86 Å². The Hall–Kier alpha value is -0.580. The molecule has 2 rings (SSSR count). The molecule has 0 aliphatic heterocycles. The van der Waals surface area contributed by atoms with Gasteiger partial charge in [-0.1, -0.05) is 26.2 Å². The fourth-order valence-electron chi connectivity index (χ4n) is 3.88. The molecule has 0 bridgehead atoms. The molecule has 2 aliphatic carbocycles. The van der Waals surface area contributed by atoms with Crippen LogP contribution in [-0.2, 0) is 4.74 Å². The van der Waals surface area contributed by atoms with Gasteiger partial charge in [-0.2, -0.15) is 8.78 Å². The first kappa shape index (κ1) is 19.5. The normalized spacial score (nSPS) is 31.9. The van der Waals surface area contributed by atoms with E-state index in [9.17, 15) is 17.6 Å². The van der Waals surface area contributed by atoms with Crippen LogP contribution in [0.5, 0.6) is 0 Å². The van der Waals surface area contributed by atoms with Gasteiger partial charge in [0.2, 0.25) is 0 Å². The molecule has 0 unspecified atom stereocenters. The standard InChI is InChI=1S/C15H27FO.C2HF3/c1-2-12-3-5-13(6-4-12)14-7-9-15(10-8-14)17-11-16;3-1-2(4)5/h12-15H,2-11H2,1H3;1H. The van der Waals surface area contributed by atoms with E-state index in [4.69, 9.17) is 4.74 Å². The summed E-state index contributed by atoms with van der Waals surface area (Å²) in [5.41, 5.74) is 0. The van der Waals surface area contributed by atoms with E-state index in [0.717, 1.165) is 30.6 Å². The Morgan fingerprint density at radius 1 is 0.955 bits per heavy atom. The highest BCUT2D eigenvalue weighted by Crippen LogP contribution is 2.41. The van der Waals surface area contributed by atoms with Gasteiger partial charge in [0.05, 0.1) is 6.10 Å². The lowest BCUT2D eigenvalue weighted by Crippen LogP contribution is -2.28. The Balaban J connectivity index is 0.000000422. The van der Waals surface area contributed by atoms with Gasteiger partial charge >= 0.3 is 0 Å². The van der Waals surface area contributed by atoms with Gasteiger partial charge in [-0.25, -0.2) is 8.78 Å². The van der Waals surface area contributed by atoms with Crippen molar-refractivity contribution < 1.29 is 22.3 Å². The number of alkyl halides is 1. The maximum atomic E-state index is 12.1.